The molecule has 1 aromatic rings. The van der Waals surface area contributed by atoms with Crippen LogP contribution in [0.4, 0.5) is 0 Å². The standard InChI is InChI=1S/C10H20N4/c1-10(2,3)8(13-11)7-9-12-5-6-14(9)4/h5-6,8,13H,7,11H2,1-4H3. The quantitative estimate of drug-likeness (QED) is 0.556. The maximum atomic E-state index is 5.54. The molecule has 3 N–H and O–H groups in total. The van der Waals surface area contributed by atoms with Crippen molar-refractivity contribution in [3.05, 3.63) is 18.2 Å². The predicted octanol–water partition coefficient (Wildman–Crippen LogP) is 0.841. The Morgan fingerprint density at radius 2 is 2.21 bits per heavy atom. The number of nitrogens with zero attached hydrogens (tertiary/aromatic N) is 2. The van der Waals surface area contributed by atoms with E-state index >= 15 is 0 Å². The first-order valence-electron chi connectivity index (χ1n) is 4.87. The van der Waals surface area contributed by atoms with Crippen LogP contribution in [0.15, 0.2) is 12.4 Å². The zero-order valence-electron chi connectivity index (χ0n) is 9.41. The van der Waals surface area contributed by atoms with Crippen molar-refractivity contribution in [1.29, 1.82) is 0 Å². The number of imidazole rings is 1. The van der Waals surface area contributed by atoms with Crippen LogP contribution in [-0.4, -0.2) is 15.6 Å². The summed E-state index contributed by atoms with van der Waals surface area (Å²) in [5, 5.41) is 0. The molecule has 0 saturated carbocycles. The fourth-order valence-electron chi connectivity index (χ4n) is 1.39. The molecule has 0 amide bonds. The van der Waals surface area contributed by atoms with Crippen LogP contribution in [0.2, 0.25) is 0 Å². The summed E-state index contributed by atoms with van der Waals surface area (Å²) in [5.41, 5.74) is 2.99. The number of aryl methyl sites for hydroxylation is 1. The van der Waals surface area contributed by atoms with Gasteiger partial charge in [-0.15, -0.1) is 0 Å². The molecule has 0 aliphatic heterocycles. The van der Waals surface area contributed by atoms with Crippen molar-refractivity contribution in [2.45, 2.75) is 33.2 Å². The minimum Gasteiger partial charge on any atom is -0.338 e. The van der Waals surface area contributed by atoms with E-state index in [9.17, 15) is 0 Å². The Hall–Kier alpha value is -0.870. The van der Waals surface area contributed by atoms with Crippen molar-refractivity contribution in [2.75, 3.05) is 0 Å². The van der Waals surface area contributed by atoms with Gasteiger partial charge in [0.05, 0.1) is 0 Å². The molecule has 0 aliphatic carbocycles. The van der Waals surface area contributed by atoms with Gasteiger partial charge >= 0.3 is 0 Å². The lowest BCUT2D eigenvalue weighted by molar-refractivity contribution is 0.264. The molecular formula is C10H20N4. The number of rotatable bonds is 3. The molecule has 4 heteroatoms. The SMILES string of the molecule is Cn1ccnc1CC(NN)C(C)(C)C. The molecule has 0 aliphatic rings. The summed E-state index contributed by atoms with van der Waals surface area (Å²) in [5.74, 6) is 6.60. The second kappa shape index (κ2) is 4.11. The summed E-state index contributed by atoms with van der Waals surface area (Å²) in [4.78, 5) is 4.28. The highest BCUT2D eigenvalue weighted by molar-refractivity contribution is 4.96. The summed E-state index contributed by atoms with van der Waals surface area (Å²) in [6.45, 7) is 6.50. The van der Waals surface area contributed by atoms with Crippen molar-refractivity contribution in [3.63, 3.8) is 0 Å². The van der Waals surface area contributed by atoms with Gasteiger partial charge in [0.2, 0.25) is 0 Å². The van der Waals surface area contributed by atoms with Crippen molar-refractivity contribution < 1.29 is 0 Å². The molecule has 0 aromatic carbocycles. The van der Waals surface area contributed by atoms with E-state index in [1.165, 1.54) is 0 Å². The molecule has 0 radical (unpaired) electrons. The van der Waals surface area contributed by atoms with Gasteiger partial charge in [-0.1, -0.05) is 20.8 Å². The molecule has 80 valence electrons. The Labute approximate surface area is 85.5 Å². The largest absolute Gasteiger partial charge is 0.338 e. The molecule has 0 saturated heterocycles. The highest BCUT2D eigenvalue weighted by Gasteiger charge is 2.24. The summed E-state index contributed by atoms with van der Waals surface area (Å²) < 4.78 is 2.02. The first kappa shape index (κ1) is 11.2. The average molecular weight is 196 g/mol. The summed E-state index contributed by atoms with van der Waals surface area (Å²) in [7, 11) is 2.00. The Morgan fingerprint density at radius 3 is 2.57 bits per heavy atom. The highest BCUT2D eigenvalue weighted by Crippen LogP contribution is 2.21. The van der Waals surface area contributed by atoms with Gasteiger partial charge < -0.3 is 4.57 Å². The number of hydrogen-bond acceptors (Lipinski definition) is 3. The molecule has 1 aromatic heterocycles. The smallest absolute Gasteiger partial charge is 0.109 e. The number of hydrogen-bond donors (Lipinski definition) is 2. The molecule has 0 fully saturated rings. The maximum Gasteiger partial charge on any atom is 0.109 e. The van der Waals surface area contributed by atoms with Gasteiger partial charge in [-0.3, -0.25) is 11.3 Å². The van der Waals surface area contributed by atoms with E-state index < -0.39 is 0 Å². The molecular weight excluding hydrogens is 176 g/mol. The van der Waals surface area contributed by atoms with E-state index in [0.29, 0.717) is 0 Å². The van der Waals surface area contributed by atoms with Crippen molar-refractivity contribution >= 4 is 0 Å². The number of nitrogens with one attached hydrogen (secondary N) is 1. The second-order valence-corrected chi connectivity index (χ2v) is 4.74. The van der Waals surface area contributed by atoms with Gasteiger partial charge in [-0.2, -0.15) is 0 Å². The van der Waals surface area contributed by atoms with Gasteiger partial charge in [0.15, 0.2) is 0 Å². The summed E-state index contributed by atoms with van der Waals surface area (Å²) >= 11 is 0. The van der Waals surface area contributed by atoms with Crippen LogP contribution in [-0.2, 0) is 13.5 Å². The molecule has 1 unspecified atom stereocenters. The molecule has 1 heterocycles. The molecule has 14 heavy (non-hydrogen) atoms. The Morgan fingerprint density at radius 1 is 1.57 bits per heavy atom. The number of aromatic nitrogens is 2. The Kier molecular flexibility index (Phi) is 3.29. The van der Waals surface area contributed by atoms with E-state index in [1.54, 1.807) is 0 Å². The first-order valence-corrected chi connectivity index (χ1v) is 4.87. The fourth-order valence-corrected chi connectivity index (χ4v) is 1.39. The highest BCUT2D eigenvalue weighted by atomic mass is 15.2. The Balaban J connectivity index is 2.71. The normalized spacial score (nSPS) is 14.4. The summed E-state index contributed by atoms with van der Waals surface area (Å²) in [6.07, 6.45) is 4.61. The lowest BCUT2D eigenvalue weighted by Crippen LogP contribution is -2.46. The number of nitrogens with two attached hydrogens (primary N) is 1. The lowest BCUT2D eigenvalue weighted by Gasteiger charge is -2.29. The Bertz CT molecular complexity index is 285. The van der Waals surface area contributed by atoms with Crippen LogP contribution in [0.25, 0.3) is 0 Å². The minimum atomic E-state index is 0.140. The van der Waals surface area contributed by atoms with E-state index in [1.807, 2.05) is 24.0 Å². The van der Waals surface area contributed by atoms with E-state index in [-0.39, 0.29) is 11.5 Å². The van der Waals surface area contributed by atoms with Crippen LogP contribution >= 0.6 is 0 Å². The van der Waals surface area contributed by atoms with Gasteiger partial charge in [0.1, 0.15) is 5.82 Å². The van der Waals surface area contributed by atoms with Gasteiger partial charge in [-0.05, 0) is 5.41 Å². The first-order chi connectivity index (χ1) is 6.45. The predicted molar refractivity (Wildman–Crippen MR) is 57.5 cm³/mol. The van der Waals surface area contributed by atoms with Crippen LogP contribution in [0.1, 0.15) is 26.6 Å². The molecule has 0 spiro atoms. The van der Waals surface area contributed by atoms with E-state index in [2.05, 4.69) is 31.2 Å². The third kappa shape index (κ3) is 2.56. The topological polar surface area (TPSA) is 55.9 Å². The van der Waals surface area contributed by atoms with Crippen molar-refractivity contribution in [2.24, 2.45) is 18.3 Å². The second-order valence-electron chi connectivity index (χ2n) is 4.74. The molecule has 4 nitrogen and oxygen atoms in total. The maximum absolute atomic E-state index is 5.54. The lowest BCUT2D eigenvalue weighted by atomic mass is 9.85. The van der Waals surface area contributed by atoms with Crippen molar-refractivity contribution in [1.82, 2.24) is 15.0 Å². The van der Waals surface area contributed by atoms with Crippen LogP contribution in [0, 0.1) is 5.41 Å². The monoisotopic (exact) mass is 196 g/mol. The van der Waals surface area contributed by atoms with Crippen molar-refractivity contribution in [3.8, 4) is 0 Å². The molecule has 1 rings (SSSR count). The van der Waals surface area contributed by atoms with Crippen LogP contribution < -0.4 is 11.3 Å². The van der Waals surface area contributed by atoms with E-state index in [0.717, 1.165) is 12.2 Å². The van der Waals surface area contributed by atoms with Gasteiger partial charge in [0, 0.05) is 31.9 Å². The average Bonchev–Trinajstić information content (AvgIpc) is 2.45. The zero-order valence-corrected chi connectivity index (χ0v) is 9.41. The summed E-state index contributed by atoms with van der Waals surface area (Å²) in [6, 6.07) is 0.239. The third-order valence-corrected chi connectivity index (χ3v) is 2.55. The van der Waals surface area contributed by atoms with Crippen LogP contribution in [0.3, 0.4) is 0 Å². The van der Waals surface area contributed by atoms with Crippen LogP contribution in [0.5, 0.6) is 0 Å². The number of hydrazine groups is 1. The van der Waals surface area contributed by atoms with Gasteiger partial charge in [-0.25, -0.2) is 4.98 Å². The third-order valence-electron chi connectivity index (χ3n) is 2.55. The van der Waals surface area contributed by atoms with Gasteiger partial charge in [0.25, 0.3) is 0 Å². The fraction of sp³-hybridized carbons (Fsp3) is 0.700. The molecule has 0 bridgehead atoms. The zero-order chi connectivity index (χ0) is 10.8. The minimum absolute atomic E-state index is 0.140. The molecule has 1 atom stereocenters. The van der Waals surface area contributed by atoms with E-state index in [4.69, 9.17) is 5.84 Å².